The summed E-state index contributed by atoms with van der Waals surface area (Å²) in [6, 6.07) is 18.3. The van der Waals surface area contributed by atoms with Crippen molar-refractivity contribution < 1.29 is 4.79 Å². The number of benzene rings is 2. The summed E-state index contributed by atoms with van der Waals surface area (Å²) >= 11 is 0. The summed E-state index contributed by atoms with van der Waals surface area (Å²) in [5.74, 6) is 0.0935. The number of amides is 1. The van der Waals surface area contributed by atoms with Gasteiger partial charge in [0.1, 0.15) is 0 Å². The molecule has 4 heteroatoms. The molecule has 4 nitrogen and oxygen atoms in total. The Kier molecular flexibility index (Phi) is 5.62. The van der Waals surface area contributed by atoms with Crippen molar-refractivity contribution in [3.63, 3.8) is 0 Å². The van der Waals surface area contributed by atoms with Gasteiger partial charge in [-0.15, -0.1) is 0 Å². The van der Waals surface area contributed by atoms with E-state index < -0.39 is 0 Å². The molecule has 1 N–H and O–H groups in total. The second-order valence-electron chi connectivity index (χ2n) is 6.21. The third kappa shape index (κ3) is 5.05. The standard InChI is InChI=1S/C21H23N3O/c1-17-7-9-18(10-8-17)11-12-21(25)22-14-13-19-15-23-24(16-19)20-5-3-2-4-6-20/h2-10,15-16H,11-14H2,1H3,(H,22,25). The minimum Gasteiger partial charge on any atom is -0.356 e. The highest BCUT2D eigenvalue weighted by Gasteiger charge is 2.04. The molecule has 0 spiro atoms. The fraction of sp³-hybridized carbons (Fsp3) is 0.238. The molecule has 1 heterocycles. The molecular formula is C21H23N3O. The normalized spacial score (nSPS) is 10.6. The number of aryl methyl sites for hydroxylation is 2. The molecule has 0 radical (unpaired) electrons. The maximum Gasteiger partial charge on any atom is 0.220 e. The predicted molar refractivity (Wildman–Crippen MR) is 99.8 cm³/mol. The maximum absolute atomic E-state index is 12.0. The van der Waals surface area contributed by atoms with Crippen LogP contribution in [0.4, 0.5) is 0 Å². The van der Waals surface area contributed by atoms with Crippen LogP contribution in [0, 0.1) is 6.92 Å². The Labute approximate surface area is 148 Å². The van der Waals surface area contributed by atoms with E-state index in [2.05, 4.69) is 41.6 Å². The number of para-hydroxylation sites is 1. The van der Waals surface area contributed by atoms with E-state index in [1.807, 2.05) is 47.4 Å². The Morgan fingerprint density at radius 3 is 2.52 bits per heavy atom. The molecule has 1 aromatic heterocycles. The summed E-state index contributed by atoms with van der Waals surface area (Å²) in [5.41, 5.74) is 4.59. The Hall–Kier alpha value is -2.88. The van der Waals surface area contributed by atoms with Gasteiger partial charge in [-0.1, -0.05) is 48.0 Å². The van der Waals surface area contributed by atoms with Crippen molar-refractivity contribution in [2.75, 3.05) is 6.54 Å². The average molecular weight is 333 g/mol. The first-order chi connectivity index (χ1) is 12.2. The van der Waals surface area contributed by atoms with Crippen molar-refractivity contribution >= 4 is 5.91 Å². The number of hydrogen-bond acceptors (Lipinski definition) is 2. The van der Waals surface area contributed by atoms with Crippen molar-refractivity contribution in [1.82, 2.24) is 15.1 Å². The van der Waals surface area contributed by atoms with E-state index in [1.165, 1.54) is 11.1 Å². The smallest absolute Gasteiger partial charge is 0.220 e. The first kappa shape index (κ1) is 17.0. The van der Waals surface area contributed by atoms with Gasteiger partial charge in [0.05, 0.1) is 11.9 Å². The Morgan fingerprint density at radius 2 is 1.76 bits per heavy atom. The van der Waals surface area contributed by atoms with Crippen molar-refractivity contribution in [3.8, 4) is 5.69 Å². The molecule has 0 fully saturated rings. The SMILES string of the molecule is Cc1ccc(CCC(=O)NCCc2cnn(-c3ccccc3)c2)cc1. The summed E-state index contributed by atoms with van der Waals surface area (Å²) in [4.78, 5) is 12.0. The van der Waals surface area contributed by atoms with Gasteiger partial charge < -0.3 is 5.32 Å². The average Bonchev–Trinajstić information content (AvgIpc) is 3.11. The van der Waals surface area contributed by atoms with E-state index in [1.54, 1.807) is 0 Å². The van der Waals surface area contributed by atoms with E-state index in [0.29, 0.717) is 13.0 Å². The molecule has 0 aliphatic rings. The number of nitrogens with zero attached hydrogens (tertiary/aromatic N) is 2. The van der Waals surface area contributed by atoms with Gasteiger partial charge in [0.15, 0.2) is 0 Å². The van der Waals surface area contributed by atoms with Crippen LogP contribution in [0.3, 0.4) is 0 Å². The summed E-state index contributed by atoms with van der Waals surface area (Å²) in [7, 11) is 0. The highest BCUT2D eigenvalue weighted by molar-refractivity contribution is 5.76. The van der Waals surface area contributed by atoms with Crippen LogP contribution in [0.5, 0.6) is 0 Å². The van der Waals surface area contributed by atoms with Gasteiger partial charge in [0, 0.05) is 19.2 Å². The van der Waals surface area contributed by atoms with Crippen LogP contribution in [0.2, 0.25) is 0 Å². The minimum absolute atomic E-state index is 0.0935. The fourth-order valence-electron chi connectivity index (χ4n) is 2.66. The van der Waals surface area contributed by atoms with Crippen LogP contribution in [-0.2, 0) is 17.6 Å². The van der Waals surface area contributed by atoms with Gasteiger partial charge in [0.2, 0.25) is 5.91 Å². The molecule has 0 saturated heterocycles. The molecular weight excluding hydrogens is 310 g/mol. The van der Waals surface area contributed by atoms with Gasteiger partial charge in [0.25, 0.3) is 0 Å². The molecule has 2 aromatic carbocycles. The molecule has 128 valence electrons. The number of hydrogen-bond donors (Lipinski definition) is 1. The van der Waals surface area contributed by atoms with Crippen LogP contribution in [0.25, 0.3) is 5.69 Å². The van der Waals surface area contributed by atoms with Crippen LogP contribution in [0.15, 0.2) is 67.0 Å². The highest BCUT2D eigenvalue weighted by Crippen LogP contribution is 2.08. The lowest BCUT2D eigenvalue weighted by atomic mass is 10.1. The van der Waals surface area contributed by atoms with Crippen LogP contribution in [0.1, 0.15) is 23.1 Å². The molecule has 1 amide bonds. The second-order valence-corrected chi connectivity index (χ2v) is 6.21. The fourth-order valence-corrected chi connectivity index (χ4v) is 2.66. The van der Waals surface area contributed by atoms with Crippen molar-refractivity contribution in [1.29, 1.82) is 0 Å². The molecule has 3 rings (SSSR count). The molecule has 0 aliphatic heterocycles. The first-order valence-corrected chi connectivity index (χ1v) is 8.62. The first-order valence-electron chi connectivity index (χ1n) is 8.62. The predicted octanol–water partition coefficient (Wildman–Crippen LogP) is 3.47. The van der Waals surface area contributed by atoms with Crippen molar-refractivity contribution in [2.45, 2.75) is 26.2 Å². The maximum atomic E-state index is 12.0. The summed E-state index contributed by atoms with van der Waals surface area (Å²) in [6.07, 6.45) is 5.94. The van der Waals surface area contributed by atoms with Gasteiger partial charge in [-0.3, -0.25) is 4.79 Å². The quantitative estimate of drug-likeness (QED) is 0.719. The third-order valence-electron chi connectivity index (χ3n) is 4.15. The molecule has 0 saturated carbocycles. The van der Waals surface area contributed by atoms with E-state index >= 15 is 0 Å². The molecule has 0 unspecified atom stereocenters. The van der Waals surface area contributed by atoms with E-state index in [0.717, 1.165) is 24.1 Å². The summed E-state index contributed by atoms with van der Waals surface area (Å²) in [5, 5.41) is 7.36. The topological polar surface area (TPSA) is 46.9 Å². The van der Waals surface area contributed by atoms with E-state index in [-0.39, 0.29) is 5.91 Å². The Balaban J connectivity index is 1.41. The van der Waals surface area contributed by atoms with E-state index in [4.69, 9.17) is 0 Å². The lowest BCUT2D eigenvalue weighted by Gasteiger charge is -2.05. The largest absolute Gasteiger partial charge is 0.356 e. The van der Waals surface area contributed by atoms with E-state index in [9.17, 15) is 4.79 Å². The van der Waals surface area contributed by atoms with Gasteiger partial charge in [-0.2, -0.15) is 5.10 Å². The lowest BCUT2D eigenvalue weighted by molar-refractivity contribution is -0.121. The number of rotatable bonds is 7. The zero-order valence-electron chi connectivity index (χ0n) is 14.5. The van der Waals surface area contributed by atoms with Crippen LogP contribution in [-0.4, -0.2) is 22.2 Å². The van der Waals surface area contributed by atoms with Crippen LogP contribution >= 0.6 is 0 Å². The molecule has 0 bridgehead atoms. The monoisotopic (exact) mass is 333 g/mol. The molecule has 0 atom stereocenters. The number of carbonyl (C=O) groups excluding carboxylic acids is 1. The highest BCUT2D eigenvalue weighted by atomic mass is 16.1. The van der Waals surface area contributed by atoms with Gasteiger partial charge in [-0.25, -0.2) is 4.68 Å². The summed E-state index contributed by atoms with van der Waals surface area (Å²) in [6.45, 7) is 2.70. The number of carbonyl (C=O) groups is 1. The zero-order valence-corrected chi connectivity index (χ0v) is 14.5. The Bertz CT molecular complexity index is 807. The lowest BCUT2D eigenvalue weighted by Crippen LogP contribution is -2.25. The van der Waals surface area contributed by atoms with Crippen molar-refractivity contribution in [3.05, 3.63) is 83.7 Å². The number of aromatic nitrogens is 2. The second kappa shape index (κ2) is 8.29. The van der Waals surface area contributed by atoms with Gasteiger partial charge >= 0.3 is 0 Å². The van der Waals surface area contributed by atoms with Crippen LogP contribution < -0.4 is 5.32 Å². The third-order valence-corrected chi connectivity index (χ3v) is 4.15. The Morgan fingerprint density at radius 1 is 1.00 bits per heavy atom. The number of nitrogens with one attached hydrogen (secondary N) is 1. The van der Waals surface area contributed by atoms with Gasteiger partial charge in [-0.05, 0) is 43.0 Å². The molecule has 3 aromatic rings. The molecule has 25 heavy (non-hydrogen) atoms. The van der Waals surface area contributed by atoms with Crippen molar-refractivity contribution in [2.24, 2.45) is 0 Å². The molecule has 0 aliphatic carbocycles. The minimum atomic E-state index is 0.0935. The summed E-state index contributed by atoms with van der Waals surface area (Å²) < 4.78 is 1.86. The zero-order chi connectivity index (χ0) is 17.5.